The van der Waals surface area contributed by atoms with Gasteiger partial charge in [-0.2, -0.15) is 0 Å². The van der Waals surface area contributed by atoms with Gasteiger partial charge in [-0.1, -0.05) is 24.6 Å². The van der Waals surface area contributed by atoms with E-state index in [0.717, 1.165) is 17.7 Å². The van der Waals surface area contributed by atoms with Gasteiger partial charge in [0.15, 0.2) is 5.91 Å². The molecule has 0 aliphatic rings. The van der Waals surface area contributed by atoms with Crippen LogP contribution < -0.4 is 11.1 Å². The van der Waals surface area contributed by atoms with Crippen molar-refractivity contribution >= 4 is 11.6 Å². The molecule has 0 spiro atoms. The Labute approximate surface area is 151 Å². The maximum atomic E-state index is 12.1. The van der Waals surface area contributed by atoms with Crippen molar-refractivity contribution in [3.8, 4) is 0 Å². The molecule has 1 radical (unpaired) electrons. The molecule has 3 nitrogen and oxygen atoms in total. The largest absolute Gasteiger partial charge is 0.362 e. The predicted octanol–water partition coefficient (Wildman–Crippen LogP) is 2.93. The Morgan fingerprint density at radius 2 is 1.95 bits per heavy atom. The van der Waals surface area contributed by atoms with Crippen molar-refractivity contribution in [2.45, 2.75) is 26.3 Å². The number of rotatable bonds is 4. The fourth-order valence-electron chi connectivity index (χ4n) is 2.06. The molecule has 21 heavy (non-hydrogen) atoms. The third-order valence-electron chi connectivity index (χ3n) is 3.06. The Hall–Kier alpha value is -1.03. The SMILES string of the molecule is Cc1ccc[c-]c1C(=O)Nc1ccc(C[C@@H](C)N)cc1.[Y]. The van der Waals surface area contributed by atoms with Crippen LogP contribution in [0.15, 0.2) is 42.5 Å². The van der Waals surface area contributed by atoms with E-state index in [1.165, 1.54) is 5.56 Å². The molecule has 2 rings (SSSR count). The molecule has 0 saturated heterocycles. The number of aryl methyl sites for hydroxylation is 1. The number of nitrogens with one attached hydrogen (secondary N) is 1. The second-order valence-corrected chi connectivity index (χ2v) is 5.06. The third-order valence-corrected chi connectivity index (χ3v) is 3.06. The predicted molar refractivity (Wildman–Crippen MR) is 81.8 cm³/mol. The van der Waals surface area contributed by atoms with Crippen molar-refractivity contribution in [1.29, 1.82) is 0 Å². The van der Waals surface area contributed by atoms with Gasteiger partial charge in [-0.05, 0) is 31.0 Å². The molecule has 0 aromatic heterocycles. The van der Waals surface area contributed by atoms with Gasteiger partial charge < -0.3 is 15.8 Å². The first-order chi connectivity index (χ1) is 9.56. The Kier molecular flexibility index (Phi) is 7.23. The summed E-state index contributed by atoms with van der Waals surface area (Å²) >= 11 is 0. The summed E-state index contributed by atoms with van der Waals surface area (Å²) < 4.78 is 0. The van der Waals surface area contributed by atoms with Gasteiger partial charge >= 0.3 is 0 Å². The standard InChI is InChI=1S/C17H19N2O.Y/c1-12-5-3-4-6-16(12)17(20)19-15-9-7-14(8-10-15)11-13(2)18;/h3-5,7-10,13H,11,18H2,1-2H3,(H,19,20);/q-1;/t13-;/m1./s1. The number of carbonyl (C=O) groups excluding carboxylic acids is 1. The molecule has 107 valence electrons. The van der Waals surface area contributed by atoms with Crippen LogP contribution in [0.1, 0.15) is 28.4 Å². The summed E-state index contributed by atoms with van der Waals surface area (Å²) in [6, 6.07) is 16.4. The van der Waals surface area contributed by atoms with Gasteiger partial charge in [0.25, 0.3) is 0 Å². The van der Waals surface area contributed by atoms with Crippen LogP contribution in [0.25, 0.3) is 0 Å². The van der Waals surface area contributed by atoms with Gasteiger partial charge in [-0.25, -0.2) is 0 Å². The van der Waals surface area contributed by atoms with Crippen LogP contribution in [0.5, 0.6) is 0 Å². The van der Waals surface area contributed by atoms with Crippen LogP contribution in [-0.4, -0.2) is 11.9 Å². The van der Waals surface area contributed by atoms with Crippen molar-refractivity contribution in [2.24, 2.45) is 5.73 Å². The number of carbonyl (C=O) groups is 1. The molecule has 2 aromatic rings. The Morgan fingerprint density at radius 3 is 2.52 bits per heavy atom. The van der Waals surface area contributed by atoms with Crippen LogP contribution in [0.4, 0.5) is 5.69 Å². The summed E-state index contributed by atoms with van der Waals surface area (Å²) in [5.41, 5.74) is 9.20. The molecule has 0 aliphatic carbocycles. The van der Waals surface area contributed by atoms with Gasteiger partial charge in [-0.15, -0.1) is 29.8 Å². The van der Waals surface area contributed by atoms with Crippen LogP contribution in [-0.2, 0) is 39.1 Å². The van der Waals surface area contributed by atoms with Crippen LogP contribution in [0, 0.1) is 13.0 Å². The number of hydrogen-bond donors (Lipinski definition) is 2. The molecule has 2 aromatic carbocycles. The molecule has 0 saturated carbocycles. The molecule has 0 bridgehead atoms. The van der Waals surface area contributed by atoms with Crippen LogP contribution in [0.2, 0.25) is 0 Å². The van der Waals surface area contributed by atoms with Crippen LogP contribution >= 0.6 is 0 Å². The molecule has 3 N–H and O–H groups in total. The van der Waals surface area contributed by atoms with E-state index in [1.54, 1.807) is 6.07 Å². The fourth-order valence-corrected chi connectivity index (χ4v) is 2.06. The summed E-state index contributed by atoms with van der Waals surface area (Å²) in [5.74, 6) is -0.136. The van der Waals surface area contributed by atoms with Crippen molar-refractivity contribution in [2.75, 3.05) is 5.32 Å². The first-order valence-electron chi connectivity index (χ1n) is 6.69. The maximum absolute atomic E-state index is 12.1. The summed E-state index contributed by atoms with van der Waals surface area (Å²) in [6.07, 6.45) is 0.833. The zero-order valence-corrected chi connectivity index (χ0v) is 15.2. The number of hydrogen-bond acceptors (Lipinski definition) is 2. The number of nitrogens with two attached hydrogens (primary N) is 1. The fraction of sp³-hybridized carbons (Fsp3) is 0.235. The first kappa shape index (κ1) is 18.0. The van der Waals surface area contributed by atoms with Gasteiger partial charge in [-0.3, -0.25) is 0 Å². The maximum Gasteiger partial charge on any atom is 0.169 e. The molecule has 1 amide bonds. The van der Waals surface area contributed by atoms with Crippen LogP contribution in [0.3, 0.4) is 0 Å². The zero-order valence-electron chi connectivity index (χ0n) is 12.4. The molecule has 0 unspecified atom stereocenters. The summed E-state index contributed by atoms with van der Waals surface area (Å²) in [5, 5.41) is 2.88. The molecule has 1 atom stereocenters. The molecular formula is C17H19N2OY-. The number of benzene rings is 2. The molecule has 4 heteroatoms. The Bertz CT molecular complexity index is 594. The second-order valence-electron chi connectivity index (χ2n) is 5.06. The summed E-state index contributed by atoms with van der Waals surface area (Å²) in [4.78, 5) is 12.1. The molecule has 0 fully saturated rings. The van der Waals surface area contributed by atoms with E-state index in [4.69, 9.17) is 5.73 Å². The normalized spacial score (nSPS) is 11.4. The molecule has 0 aliphatic heterocycles. The van der Waals surface area contributed by atoms with E-state index in [9.17, 15) is 4.79 Å². The second kappa shape index (κ2) is 8.42. The Morgan fingerprint density at radius 1 is 1.29 bits per heavy atom. The third kappa shape index (κ3) is 5.35. The average molecular weight is 356 g/mol. The average Bonchev–Trinajstić information content (AvgIpc) is 2.41. The van der Waals surface area contributed by atoms with Gasteiger partial charge in [0, 0.05) is 44.4 Å². The van der Waals surface area contributed by atoms with E-state index in [-0.39, 0.29) is 44.7 Å². The monoisotopic (exact) mass is 356 g/mol. The van der Waals surface area contributed by atoms with Gasteiger partial charge in [0.05, 0.1) is 0 Å². The van der Waals surface area contributed by atoms with E-state index >= 15 is 0 Å². The summed E-state index contributed by atoms with van der Waals surface area (Å²) in [7, 11) is 0. The number of anilines is 1. The van der Waals surface area contributed by atoms with Crippen molar-refractivity contribution < 1.29 is 37.5 Å². The van der Waals surface area contributed by atoms with Crippen molar-refractivity contribution in [1.82, 2.24) is 0 Å². The van der Waals surface area contributed by atoms with Crippen molar-refractivity contribution in [3.63, 3.8) is 0 Å². The zero-order chi connectivity index (χ0) is 14.5. The van der Waals surface area contributed by atoms with E-state index in [2.05, 4.69) is 11.4 Å². The quantitative estimate of drug-likeness (QED) is 0.828. The number of amides is 1. The minimum absolute atomic E-state index is 0. The van der Waals surface area contributed by atoms with E-state index < -0.39 is 0 Å². The minimum Gasteiger partial charge on any atom is -0.362 e. The summed E-state index contributed by atoms with van der Waals surface area (Å²) in [6.45, 7) is 3.88. The minimum atomic E-state index is -0.136. The Balaban J connectivity index is 0.00000220. The van der Waals surface area contributed by atoms with E-state index in [0.29, 0.717) is 5.56 Å². The first-order valence-corrected chi connectivity index (χ1v) is 6.69. The van der Waals surface area contributed by atoms with Crippen molar-refractivity contribution in [3.05, 3.63) is 65.2 Å². The van der Waals surface area contributed by atoms with Gasteiger partial charge in [0.2, 0.25) is 0 Å². The topological polar surface area (TPSA) is 55.1 Å². The van der Waals surface area contributed by atoms with Gasteiger partial charge in [0.1, 0.15) is 0 Å². The molecule has 0 heterocycles. The molecular weight excluding hydrogens is 337 g/mol. The van der Waals surface area contributed by atoms with E-state index in [1.807, 2.05) is 50.2 Å². The smallest absolute Gasteiger partial charge is 0.169 e.